The molecule has 11 nitrogen and oxygen atoms in total. The van der Waals surface area contributed by atoms with Crippen LogP contribution in [0.5, 0.6) is 23.1 Å². The van der Waals surface area contributed by atoms with Gasteiger partial charge in [-0.3, -0.25) is 9.52 Å². The van der Waals surface area contributed by atoms with Crippen LogP contribution in [-0.2, 0) is 31.4 Å². The van der Waals surface area contributed by atoms with Crippen LogP contribution in [-0.4, -0.2) is 64.2 Å². The Morgan fingerprint density at radius 2 is 1.60 bits per heavy atom. The molecule has 5 rings (SSSR count). The summed E-state index contributed by atoms with van der Waals surface area (Å²) in [7, 11) is -2.65. The molecule has 1 aliphatic rings. The molecule has 12 heteroatoms. The lowest BCUT2D eigenvalue weighted by molar-refractivity contribution is -0.118. The van der Waals surface area contributed by atoms with Gasteiger partial charge in [0.15, 0.2) is 17.3 Å². The van der Waals surface area contributed by atoms with Gasteiger partial charge in [-0.15, -0.1) is 0 Å². The molecule has 1 aromatic heterocycles. The first-order valence-corrected chi connectivity index (χ1v) is 18.3. The summed E-state index contributed by atoms with van der Waals surface area (Å²) in [5.74, 6) is 0.978. The van der Waals surface area contributed by atoms with E-state index < -0.39 is 10.0 Å². The van der Waals surface area contributed by atoms with E-state index in [4.69, 9.17) is 23.9 Å². The Morgan fingerprint density at radius 1 is 0.940 bits per heavy atom. The van der Waals surface area contributed by atoms with Gasteiger partial charge in [-0.05, 0) is 52.3 Å². The molecule has 1 N–H and O–H groups in total. The van der Waals surface area contributed by atoms with Crippen molar-refractivity contribution in [1.29, 1.82) is 0 Å². The van der Waals surface area contributed by atoms with Crippen molar-refractivity contribution in [2.45, 2.75) is 63.7 Å². The van der Waals surface area contributed by atoms with Crippen LogP contribution in [0.15, 0.2) is 77.7 Å². The highest BCUT2D eigenvalue weighted by molar-refractivity contribution is 7.92. The summed E-state index contributed by atoms with van der Waals surface area (Å²) in [6, 6.07) is 21.6. The van der Waals surface area contributed by atoms with Crippen molar-refractivity contribution < 1.29 is 32.2 Å². The molecule has 0 atom stereocenters. The zero-order chi connectivity index (χ0) is 35.9. The number of Topliss-reactive ketones (excluding diaryl/α,β-unsaturated/α-hetero) is 1. The van der Waals surface area contributed by atoms with Crippen LogP contribution >= 0.6 is 0 Å². The minimum absolute atomic E-state index is 0.00705. The van der Waals surface area contributed by atoms with Gasteiger partial charge in [0.2, 0.25) is 11.7 Å². The number of ether oxygens (including phenoxy) is 4. The Hall–Kier alpha value is -4.68. The second-order valence-electron chi connectivity index (χ2n) is 13.4. The summed E-state index contributed by atoms with van der Waals surface area (Å²) in [6.45, 7) is 12.2. The molecule has 0 amide bonds. The summed E-state index contributed by atoms with van der Waals surface area (Å²) in [4.78, 5) is 24.5. The average Bonchev–Trinajstić information content (AvgIpc) is 3.09. The number of rotatable bonds is 14. The molecule has 0 spiro atoms. The number of nitrogens with one attached hydrogen (secondary N) is 1. The van der Waals surface area contributed by atoms with Gasteiger partial charge in [0.25, 0.3) is 15.9 Å². The Bertz CT molecular complexity index is 1880. The highest BCUT2D eigenvalue weighted by Gasteiger charge is 2.28. The number of hydrogen-bond acceptors (Lipinski definition) is 10. The van der Waals surface area contributed by atoms with Gasteiger partial charge >= 0.3 is 0 Å². The number of anilines is 2. The molecule has 1 saturated heterocycles. The standard InChI is InChI=1S/C38H46N4O7S/c1-26(2)31-12-8-7-11-27(31)25-29(43)19-22-48-36-34(49-33-14-10-9-13-32(33)46-6)35(39-37(40-36)42-20-23-47-24-21-42)41-50(44,45)30-17-15-28(16-18-30)38(3,4)5/h7-18,26H,19-25H2,1-6H3,(H,39,40,41). The van der Waals surface area contributed by atoms with E-state index in [0.29, 0.717) is 37.8 Å². The smallest absolute Gasteiger partial charge is 0.265 e. The molecule has 0 saturated carbocycles. The fraction of sp³-hybridized carbons (Fsp3) is 0.395. The lowest BCUT2D eigenvalue weighted by atomic mass is 9.87. The zero-order valence-corrected chi connectivity index (χ0v) is 30.4. The third-order valence-corrected chi connectivity index (χ3v) is 9.70. The summed E-state index contributed by atoms with van der Waals surface area (Å²) in [5.41, 5.74) is 2.95. The molecular formula is C38H46N4O7S. The van der Waals surface area contributed by atoms with Crippen LogP contribution in [0.2, 0.25) is 0 Å². The van der Waals surface area contributed by atoms with Gasteiger partial charge in [-0.1, -0.05) is 83.1 Å². The quantitative estimate of drug-likeness (QED) is 0.148. The highest BCUT2D eigenvalue weighted by atomic mass is 32.2. The zero-order valence-electron chi connectivity index (χ0n) is 29.6. The van der Waals surface area contributed by atoms with E-state index >= 15 is 0 Å². The normalized spacial score (nSPS) is 13.6. The lowest BCUT2D eigenvalue weighted by Gasteiger charge is -2.28. The van der Waals surface area contributed by atoms with Crippen LogP contribution in [0, 0.1) is 0 Å². The van der Waals surface area contributed by atoms with Crippen LogP contribution < -0.4 is 23.8 Å². The minimum Gasteiger partial charge on any atom is -0.493 e. The number of benzene rings is 3. The van der Waals surface area contributed by atoms with Crippen molar-refractivity contribution >= 4 is 27.6 Å². The van der Waals surface area contributed by atoms with Gasteiger partial charge in [-0.25, -0.2) is 8.42 Å². The monoisotopic (exact) mass is 702 g/mol. The number of hydrogen-bond donors (Lipinski definition) is 1. The van der Waals surface area contributed by atoms with E-state index in [1.54, 1.807) is 48.5 Å². The number of carbonyl (C=O) groups is 1. The number of aromatic nitrogens is 2. The minimum atomic E-state index is -4.15. The van der Waals surface area contributed by atoms with E-state index in [9.17, 15) is 13.2 Å². The van der Waals surface area contributed by atoms with E-state index in [2.05, 4.69) is 44.3 Å². The second-order valence-corrected chi connectivity index (χ2v) is 15.1. The third-order valence-electron chi connectivity index (χ3n) is 8.34. The van der Waals surface area contributed by atoms with Gasteiger partial charge in [-0.2, -0.15) is 9.97 Å². The Labute approximate surface area is 295 Å². The molecular weight excluding hydrogens is 657 g/mol. The molecule has 266 valence electrons. The fourth-order valence-corrected chi connectivity index (χ4v) is 6.54. The SMILES string of the molecule is COc1ccccc1Oc1c(NS(=O)(=O)c2ccc(C(C)(C)C)cc2)nc(N2CCOCC2)nc1OCCC(=O)Cc1ccccc1C(C)C. The van der Waals surface area contributed by atoms with Crippen molar-refractivity contribution in [2.75, 3.05) is 49.6 Å². The van der Waals surface area contributed by atoms with Crippen LogP contribution in [0.1, 0.15) is 63.6 Å². The number of carbonyl (C=O) groups excluding carboxylic acids is 1. The number of sulfonamides is 1. The van der Waals surface area contributed by atoms with E-state index in [0.717, 1.165) is 16.7 Å². The first-order valence-electron chi connectivity index (χ1n) is 16.8. The maximum Gasteiger partial charge on any atom is 0.265 e. The Morgan fingerprint density at radius 3 is 2.26 bits per heavy atom. The van der Waals surface area contributed by atoms with Gasteiger partial charge < -0.3 is 23.8 Å². The number of methoxy groups -OCH3 is 1. The van der Waals surface area contributed by atoms with Gasteiger partial charge in [0.1, 0.15) is 5.78 Å². The highest BCUT2D eigenvalue weighted by Crippen LogP contribution is 2.42. The Kier molecular flexibility index (Phi) is 11.6. The number of ketones is 1. The first-order chi connectivity index (χ1) is 23.9. The van der Waals surface area contributed by atoms with Gasteiger partial charge in [0.05, 0.1) is 31.8 Å². The summed E-state index contributed by atoms with van der Waals surface area (Å²) < 4.78 is 53.9. The molecule has 3 aromatic carbocycles. The van der Waals surface area contributed by atoms with E-state index in [1.165, 1.54) is 7.11 Å². The van der Waals surface area contributed by atoms with Crippen molar-refractivity contribution in [3.05, 3.63) is 89.5 Å². The molecule has 0 unspecified atom stereocenters. The largest absolute Gasteiger partial charge is 0.493 e. The van der Waals surface area contributed by atoms with Gasteiger partial charge in [0, 0.05) is 25.9 Å². The van der Waals surface area contributed by atoms with Crippen LogP contribution in [0.4, 0.5) is 11.8 Å². The predicted molar refractivity (Wildman–Crippen MR) is 193 cm³/mol. The molecule has 2 heterocycles. The van der Waals surface area contributed by atoms with E-state index in [-0.39, 0.29) is 64.9 Å². The third kappa shape index (κ3) is 9.10. The summed E-state index contributed by atoms with van der Waals surface area (Å²) in [6.07, 6.45) is 0.364. The topological polar surface area (TPSA) is 129 Å². The summed E-state index contributed by atoms with van der Waals surface area (Å²) >= 11 is 0. The van der Waals surface area contributed by atoms with E-state index in [1.807, 2.05) is 29.2 Å². The number of para-hydroxylation sites is 2. The maximum absolute atomic E-state index is 13.9. The Balaban J connectivity index is 1.51. The first kappa shape index (κ1) is 36.6. The summed E-state index contributed by atoms with van der Waals surface area (Å²) in [5, 5.41) is 0. The lowest BCUT2D eigenvalue weighted by Crippen LogP contribution is -2.37. The van der Waals surface area contributed by atoms with Crippen molar-refractivity contribution in [3.8, 4) is 23.1 Å². The molecule has 1 aliphatic heterocycles. The number of morpholine rings is 1. The van der Waals surface area contributed by atoms with Crippen LogP contribution in [0.3, 0.4) is 0 Å². The molecule has 4 aromatic rings. The molecule has 1 fully saturated rings. The molecule has 0 aliphatic carbocycles. The fourth-order valence-electron chi connectivity index (χ4n) is 5.54. The average molecular weight is 703 g/mol. The molecule has 0 radical (unpaired) electrons. The van der Waals surface area contributed by atoms with Crippen molar-refractivity contribution in [2.24, 2.45) is 0 Å². The maximum atomic E-state index is 13.9. The van der Waals surface area contributed by atoms with Crippen molar-refractivity contribution in [1.82, 2.24) is 9.97 Å². The van der Waals surface area contributed by atoms with Crippen molar-refractivity contribution in [3.63, 3.8) is 0 Å². The molecule has 0 bridgehead atoms. The van der Waals surface area contributed by atoms with Crippen LogP contribution in [0.25, 0.3) is 0 Å². The predicted octanol–water partition coefficient (Wildman–Crippen LogP) is 6.92. The molecule has 50 heavy (non-hydrogen) atoms. The number of nitrogens with zero attached hydrogens (tertiary/aromatic N) is 3. The second kappa shape index (κ2) is 15.9.